The van der Waals surface area contributed by atoms with Crippen LogP contribution in [0.15, 0.2) is 30.5 Å². The zero-order valence-corrected chi connectivity index (χ0v) is 13.9. The van der Waals surface area contributed by atoms with Crippen molar-refractivity contribution in [1.29, 1.82) is 0 Å². The summed E-state index contributed by atoms with van der Waals surface area (Å²) in [6.07, 6.45) is 2.91. The van der Waals surface area contributed by atoms with Crippen molar-refractivity contribution >= 4 is 11.9 Å². The van der Waals surface area contributed by atoms with Crippen LogP contribution in [0.5, 0.6) is 0 Å². The number of rotatable bonds is 4. The third-order valence-electron chi connectivity index (χ3n) is 4.34. The zero-order chi connectivity index (χ0) is 17.3. The second-order valence-electron chi connectivity index (χ2n) is 6.41. The van der Waals surface area contributed by atoms with Crippen molar-refractivity contribution in [2.24, 2.45) is 0 Å². The largest absolute Gasteiger partial charge is 0.478 e. The number of aromatic nitrogens is 2. The lowest BCUT2D eigenvalue weighted by atomic mass is 9.97. The van der Waals surface area contributed by atoms with Gasteiger partial charge in [-0.05, 0) is 49.6 Å². The molecule has 1 N–H and O–H groups in total. The summed E-state index contributed by atoms with van der Waals surface area (Å²) in [5.41, 5.74) is 3.06. The lowest BCUT2D eigenvalue weighted by Gasteiger charge is -2.29. The van der Waals surface area contributed by atoms with Crippen LogP contribution in [0.2, 0.25) is 0 Å². The maximum atomic E-state index is 12.5. The molecule has 3 rings (SSSR count). The number of fused-ring (bicyclic) bond motifs is 1. The fourth-order valence-electron chi connectivity index (χ4n) is 2.93. The minimum absolute atomic E-state index is 0.0235. The Labute approximate surface area is 140 Å². The zero-order valence-electron chi connectivity index (χ0n) is 13.9. The van der Waals surface area contributed by atoms with Gasteiger partial charge in [-0.1, -0.05) is 6.07 Å². The second kappa shape index (κ2) is 6.47. The number of carbonyl (C=O) groups excluding carboxylic acids is 1. The highest BCUT2D eigenvalue weighted by Gasteiger charge is 2.22. The molecule has 0 unspecified atom stereocenters. The van der Waals surface area contributed by atoms with Crippen LogP contribution in [0.1, 0.15) is 47.1 Å². The van der Waals surface area contributed by atoms with E-state index in [9.17, 15) is 9.59 Å². The van der Waals surface area contributed by atoms with Crippen LogP contribution in [0.25, 0.3) is 0 Å². The van der Waals surface area contributed by atoms with Crippen molar-refractivity contribution < 1.29 is 14.7 Å². The van der Waals surface area contributed by atoms with E-state index in [0.717, 1.165) is 23.2 Å². The molecule has 2 aromatic rings. The maximum Gasteiger partial charge on any atom is 0.335 e. The summed E-state index contributed by atoms with van der Waals surface area (Å²) in [7, 11) is 0. The average Bonchev–Trinajstić information content (AvgIpc) is 3.02. The Morgan fingerprint density at radius 3 is 2.71 bits per heavy atom. The van der Waals surface area contributed by atoms with Gasteiger partial charge in [-0.2, -0.15) is 5.10 Å². The van der Waals surface area contributed by atoms with Gasteiger partial charge in [0.25, 0.3) is 0 Å². The van der Waals surface area contributed by atoms with Crippen LogP contribution in [0.3, 0.4) is 0 Å². The molecule has 1 aromatic carbocycles. The lowest BCUT2D eigenvalue weighted by molar-refractivity contribution is -0.131. The molecular weight excluding hydrogens is 306 g/mol. The van der Waals surface area contributed by atoms with Gasteiger partial charge >= 0.3 is 5.97 Å². The van der Waals surface area contributed by atoms with Crippen molar-refractivity contribution in [3.05, 3.63) is 52.8 Å². The number of carboxylic acids is 1. The summed E-state index contributed by atoms with van der Waals surface area (Å²) < 4.78 is 1.84. The molecule has 1 aliphatic heterocycles. The molecule has 0 aliphatic carbocycles. The molecule has 6 heteroatoms. The lowest BCUT2D eigenvalue weighted by Crippen LogP contribution is -2.37. The van der Waals surface area contributed by atoms with Gasteiger partial charge < -0.3 is 10.0 Å². The topological polar surface area (TPSA) is 75.4 Å². The number of carbonyl (C=O) groups is 2. The van der Waals surface area contributed by atoms with E-state index in [1.165, 1.54) is 0 Å². The smallest absolute Gasteiger partial charge is 0.335 e. The Morgan fingerprint density at radius 1 is 1.25 bits per heavy atom. The number of aromatic carboxylic acids is 1. The van der Waals surface area contributed by atoms with Gasteiger partial charge in [0.05, 0.1) is 17.7 Å². The fourth-order valence-corrected chi connectivity index (χ4v) is 2.93. The number of carboxylic acid groups (broad SMARTS) is 1. The average molecular weight is 327 g/mol. The van der Waals surface area contributed by atoms with Gasteiger partial charge in [-0.15, -0.1) is 0 Å². The van der Waals surface area contributed by atoms with E-state index < -0.39 is 5.97 Å². The number of amides is 1. The molecule has 1 aliphatic rings. The first-order valence-corrected chi connectivity index (χ1v) is 8.11. The van der Waals surface area contributed by atoms with Crippen LogP contribution in [0, 0.1) is 0 Å². The van der Waals surface area contributed by atoms with Crippen LogP contribution in [0.4, 0.5) is 0 Å². The predicted octanol–water partition coefficient (Wildman–Crippen LogP) is 2.29. The summed E-state index contributed by atoms with van der Waals surface area (Å²) >= 11 is 0. The molecule has 1 amide bonds. The van der Waals surface area contributed by atoms with Crippen molar-refractivity contribution in [3.63, 3.8) is 0 Å². The standard InChI is InChI=1S/C18H21N3O3/c1-12(2)21-8-6-16(19-21)10-17(22)20-7-5-13-3-4-14(18(23)24)9-15(13)11-20/h3-4,6,8-9,12H,5,7,10-11H2,1-2H3,(H,23,24). The molecule has 0 bridgehead atoms. The third-order valence-corrected chi connectivity index (χ3v) is 4.34. The fraction of sp³-hybridized carbons (Fsp3) is 0.389. The van der Waals surface area contributed by atoms with Crippen molar-refractivity contribution in [2.45, 2.75) is 39.3 Å². The molecule has 0 saturated carbocycles. The maximum absolute atomic E-state index is 12.5. The second-order valence-corrected chi connectivity index (χ2v) is 6.41. The number of nitrogens with zero attached hydrogens (tertiary/aromatic N) is 3. The van der Waals surface area contributed by atoms with Crippen LogP contribution in [-0.2, 0) is 24.2 Å². The number of benzene rings is 1. The van der Waals surface area contributed by atoms with Gasteiger partial charge in [-0.3, -0.25) is 9.48 Å². The normalized spacial score (nSPS) is 13.9. The van der Waals surface area contributed by atoms with E-state index in [-0.39, 0.29) is 23.9 Å². The molecule has 0 radical (unpaired) electrons. The highest BCUT2D eigenvalue weighted by atomic mass is 16.4. The first-order chi connectivity index (χ1) is 11.4. The molecular formula is C18H21N3O3. The Morgan fingerprint density at radius 2 is 2.04 bits per heavy atom. The minimum atomic E-state index is -0.944. The molecule has 1 aromatic heterocycles. The van der Waals surface area contributed by atoms with Gasteiger partial charge in [0.1, 0.15) is 0 Å². The Kier molecular flexibility index (Phi) is 4.38. The van der Waals surface area contributed by atoms with E-state index in [0.29, 0.717) is 13.1 Å². The van der Waals surface area contributed by atoms with Gasteiger partial charge in [0.15, 0.2) is 0 Å². The first-order valence-electron chi connectivity index (χ1n) is 8.11. The molecule has 0 atom stereocenters. The molecule has 126 valence electrons. The van der Waals surface area contributed by atoms with Gasteiger partial charge in [-0.25, -0.2) is 4.79 Å². The van der Waals surface area contributed by atoms with E-state index in [1.54, 1.807) is 17.0 Å². The molecule has 24 heavy (non-hydrogen) atoms. The Hall–Kier alpha value is -2.63. The summed E-state index contributed by atoms with van der Waals surface area (Å²) in [6.45, 7) is 5.20. The van der Waals surface area contributed by atoms with E-state index in [1.807, 2.05) is 36.9 Å². The predicted molar refractivity (Wildman–Crippen MR) is 88.8 cm³/mol. The first kappa shape index (κ1) is 16.2. The Bertz CT molecular complexity index is 780. The summed E-state index contributed by atoms with van der Waals surface area (Å²) in [5, 5.41) is 13.5. The highest BCUT2D eigenvalue weighted by Crippen LogP contribution is 2.21. The summed E-state index contributed by atoms with van der Waals surface area (Å²) in [5.74, 6) is -0.921. The molecule has 2 heterocycles. The van der Waals surface area contributed by atoms with E-state index >= 15 is 0 Å². The minimum Gasteiger partial charge on any atom is -0.478 e. The molecule has 0 saturated heterocycles. The van der Waals surface area contributed by atoms with Crippen LogP contribution in [-0.4, -0.2) is 38.2 Å². The van der Waals surface area contributed by atoms with Crippen LogP contribution >= 0.6 is 0 Å². The molecule has 6 nitrogen and oxygen atoms in total. The van der Waals surface area contributed by atoms with E-state index in [2.05, 4.69) is 5.10 Å². The van der Waals surface area contributed by atoms with Gasteiger partial charge in [0, 0.05) is 25.3 Å². The molecule has 0 spiro atoms. The summed E-state index contributed by atoms with van der Waals surface area (Å²) in [4.78, 5) is 25.4. The SMILES string of the molecule is CC(C)n1ccc(CC(=O)N2CCc3ccc(C(=O)O)cc3C2)n1. The summed E-state index contributed by atoms with van der Waals surface area (Å²) in [6, 6.07) is 7.29. The van der Waals surface area contributed by atoms with Crippen molar-refractivity contribution in [3.8, 4) is 0 Å². The van der Waals surface area contributed by atoms with Crippen LogP contribution < -0.4 is 0 Å². The van der Waals surface area contributed by atoms with E-state index in [4.69, 9.17) is 5.11 Å². The monoisotopic (exact) mass is 327 g/mol. The number of hydrogen-bond donors (Lipinski definition) is 1. The number of hydrogen-bond acceptors (Lipinski definition) is 3. The molecule has 0 fully saturated rings. The van der Waals surface area contributed by atoms with Crippen molar-refractivity contribution in [1.82, 2.24) is 14.7 Å². The Balaban J connectivity index is 1.70. The van der Waals surface area contributed by atoms with Gasteiger partial charge in [0.2, 0.25) is 5.91 Å². The quantitative estimate of drug-likeness (QED) is 0.935. The van der Waals surface area contributed by atoms with Crippen molar-refractivity contribution in [2.75, 3.05) is 6.54 Å². The third kappa shape index (κ3) is 3.32. The highest BCUT2D eigenvalue weighted by molar-refractivity contribution is 5.88.